The summed E-state index contributed by atoms with van der Waals surface area (Å²) in [6.45, 7) is 1.39. The van der Waals surface area contributed by atoms with Crippen molar-refractivity contribution in [2.75, 3.05) is 10.7 Å². The first-order valence-electron chi connectivity index (χ1n) is 4.85. The second-order valence-electron chi connectivity index (χ2n) is 3.46. The van der Waals surface area contributed by atoms with Crippen LogP contribution in [0, 0.1) is 0 Å². The zero-order valence-corrected chi connectivity index (χ0v) is 10.3. The van der Waals surface area contributed by atoms with E-state index in [4.69, 9.17) is 11.6 Å². The van der Waals surface area contributed by atoms with Crippen LogP contribution in [0.4, 0.5) is 5.69 Å². The van der Waals surface area contributed by atoms with Gasteiger partial charge in [0.2, 0.25) is 11.8 Å². The van der Waals surface area contributed by atoms with Gasteiger partial charge < -0.3 is 0 Å². The number of rotatable bonds is 0. The molecule has 5 heteroatoms. The highest BCUT2D eigenvalue weighted by molar-refractivity contribution is 7.99. The van der Waals surface area contributed by atoms with E-state index >= 15 is 0 Å². The minimum Gasteiger partial charge on any atom is -0.274 e. The third kappa shape index (κ3) is 2.08. The van der Waals surface area contributed by atoms with Crippen LogP contribution in [0.25, 0.3) is 0 Å². The van der Waals surface area contributed by atoms with E-state index in [1.165, 1.54) is 11.8 Å². The van der Waals surface area contributed by atoms with E-state index < -0.39 is 0 Å². The number of hydrogen-bond donors (Lipinski definition) is 0. The number of imide groups is 1. The Morgan fingerprint density at radius 1 is 1.50 bits per heavy atom. The number of benzene rings is 1. The van der Waals surface area contributed by atoms with Crippen molar-refractivity contribution in [2.24, 2.45) is 0 Å². The van der Waals surface area contributed by atoms with Crippen molar-refractivity contribution in [3.05, 3.63) is 23.2 Å². The summed E-state index contributed by atoms with van der Waals surface area (Å²) in [7, 11) is 0. The second-order valence-corrected chi connectivity index (χ2v) is 5.03. The van der Waals surface area contributed by atoms with Gasteiger partial charge in [-0.1, -0.05) is 11.6 Å². The lowest BCUT2D eigenvalue weighted by Crippen LogP contribution is -2.34. The molecule has 0 saturated carbocycles. The molecule has 0 bridgehead atoms. The standard InChI is InChI=1S/C11H10ClNO2S/c1-7(14)13-9-6-8(12)2-3-10(9)16-5-4-11(13)15/h2-3,6H,4-5H2,1H3. The van der Waals surface area contributed by atoms with Crippen molar-refractivity contribution in [1.29, 1.82) is 0 Å². The summed E-state index contributed by atoms with van der Waals surface area (Å²) in [5, 5.41) is 0.528. The first kappa shape index (κ1) is 11.5. The highest BCUT2D eigenvalue weighted by atomic mass is 35.5. The van der Waals surface area contributed by atoms with E-state index in [2.05, 4.69) is 0 Å². The zero-order valence-electron chi connectivity index (χ0n) is 8.70. The SMILES string of the molecule is CC(=O)N1C(=O)CCSc2ccc(Cl)cc21. The largest absolute Gasteiger partial charge is 0.274 e. The van der Waals surface area contributed by atoms with Gasteiger partial charge in [-0.05, 0) is 18.2 Å². The van der Waals surface area contributed by atoms with Crippen LogP contribution in [0.1, 0.15) is 13.3 Å². The van der Waals surface area contributed by atoms with Crippen LogP contribution >= 0.6 is 23.4 Å². The first-order valence-corrected chi connectivity index (χ1v) is 6.22. The van der Waals surface area contributed by atoms with Crippen molar-refractivity contribution in [3.63, 3.8) is 0 Å². The maximum absolute atomic E-state index is 11.8. The lowest BCUT2D eigenvalue weighted by Gasteiger charge is -2.18. The molecule has 0 radical (unpaired) electrons. The van der Waals surface area contributed by atoms with Crippen molar-refractivity contribution < 1.29 is 9.59 Å². The second kappa shape index (κ2) is 4.47. The lowest BCUT2D eigenvalue weighted by molar-refractivity contribution is -0.125. The van der Waals surface area contributed by atoms with Crippen LogP contribution in [0.15, 0.2) is 23.1 Å². The summed E-state index contributed by atoms with van der Waals surface area (Å²) in [6.07, 6.45) is 0.372. The number of carbonyl (C=O) groups excluding carboxylic acids is 2. The van der Waals surface area contributed by atoms with Crippen molar-refractivity contribution in [3.8, 4) is 0 Å². The number of thioether (sulfide) groups is 1. The Bertz CT molecular complexity index is 461. The van der Waals surface area contributed by atoms with Gasteiger partial charge in [0.25, 0.3) is 0 Å². The molecule has 0 fully saturated rings. The smallest absolute Gasteiger partial charge is 0.234 e. The molecule has 0 spiro atoms. The Kier molecular flexibility index (Phi) is 3.21. The molecule has 3 nitrogen and oxygen atoms in total. The van der Waals surface area contributed by atoms with Gasteiger partial charge in [0.1, 0.15) is 0 Å². The summed E-state index contributed by atoms with van der Waals surface area (Å²) < 4.78 is 0. The van der Waals surface area contributed by atoms with Gasteiger partial charge in [0.05, 0.1) is 5.69 Å². The quantitative estimate of drug-likeness (QED) is 0.715. The predicted octanol–water partition coefficient (Wildman–Crippen LogP) is 2.72. The fourth-order valence-electron chi connectivity index (χ4n) is 1.63. The van der Waals surface area contributed by atoms with Gasteiger partial charge in [-0.2, -0.15) is 0 Å². The molecule has 1 aliphatic rings. The summed E-state index contributed by atoms with van der Waals surface area (Å²) in [5.74, 6) is 0.258. The number of amides is 2. The van der Waals surface area contributed by atoms with E-state index in [9.17, 15) is 9.59 Å². The molecule has 0 atom stereocenters. The predicted molar refractivity (Wildman–Crippen MR) is 65.0 cm³/mol. The fraction of sp³-hybridized carbons (Fsp3) is 0.273. The summed E-state index contributed by atoms with van der Waals surface area (Å²) in [6, 6.07) is 5.27. The van der Waals surface area contributed by atoms with Crippen LogP contribution in [-0.4, -0.2) is 17.6 Å². The summed E-state index contributed by atoms with van der Waals surface area (Å²) >= 11 is 7.46. The molecule has 16 heavy (non-hydrogen) atoms. The van der Waals surface area contributed by atoms with Crippen LogP contribution < -0.4 is 4.90 Å². The average molecular weight is 256 g/mol. The normalized spacial score (nSPS) is 15.6. The molecule has 1 aliphatic heterocycles. The maximum Gasteiger partial charge on any atom is 0.234 e. The third-order valence-electron chi connectivity index (χ3n) is 2.30. The van der Waals surface area contributed by atoms with E-state index in [1.807, 2.05) is 6.07 Å². The highest BCUT2D eigenvalue weighted by Gasteiger charge is 2.25. The molecule has 1 aromatic rings. The molecule has 1 aromatic carbocycles. The first-order chi connectivity index (χ1) is 7.59. The number of nitrogens with zero attached hydrogens (tertiary/aromatic N) is 1. The Morgan fingerprint density at radius 2 is 2.25 bits per heavy atom. The Morgan fingerprint density at radius 3 is 2.94 bits per heavy atom. The van der Waals surface area contributed by atoms with Crippen LogP contribution in [0.5, 0.6) is 0 Å². The lowest BCUT2D eigenvalue weighted by atomic mass is 10.2. The zero-order chi connectivity index (χ0) is 11.7. The van der Waals surface area contributed by atoms with Gasteiger partial charge in [0.15, 0.2) is 0 Å². The maximum atomic E-state index is 11.8. The monoisotopic (exact) mass is 255 g/mol. The highest BCUT2D eigenvalue weighted by Crippen LogP contribution is 2.36. The number of fused-ring (bicyclic) bond motifs is 1. The molecule has 2 amide bonds. The molecule has 0 aliphatic carbocycles. The van der Waals surface area contributed by atoms with Crippen molar-refractivity contribution in [2.45, 2.75) is 18.2 Å². The molecule has 0 aromatic heterocycles. The van der Waals surface area contributed by atoms with Gasteiger partial charge >= 0.3 is 0 Å². The van der Waals surface area contributed by atoms with Crippen molar-refractivity contribution in [1.82, 2.24) is 0 Å². The molecule has 2 rings (SSSR count). The van der Waals surface area contributed by atoms with Crippen LogP contribution in [0.3, 0.4) is 0 Å². The number of hydrogen-bond acceptors (Lipinski definition) is 3. The summed E-state index contributed by atoms with van der Waals surface area (Å²) in [5.41, 5.74) is 0.604. The number of halogens is 1. The minimum absolute atomic E-state index is 0.166. The molecular weight excluding hydrogens is 246 g/mol. The molecule has 0 unspecified atom stereocenters. The van der Waals surface area contributed by atoms with E-state index in [1.54, 1.807) is 23.9 Å². The van der Waals surface area contributed by atoms with Gasteiger partial charge in [0, 0.05) is 29.0 Å². The molecule has 0 saturated heterocycles. The van der Waals surface area contributed by atoms with E-state index in [-0.39, 0.29) is 11.8 Å². The molecular formula is C11H10ClNO2S. The van der Waals surface area contributed by atoms with Crippen LogP contribution in [0.2, 0.25) is 5.02 Å². The Hall–Kier alpha value is -1.00. The van der Waals surface area contributed by atoms with Gasteiger partial charge in [-0.3, -0.25) is 9.59 Å². The van der Waals surface area contributed by atoms with E-state index in [0.29, 0.717) is 22.9 Å². The Labute approximate surface area is 103 Å². The van der Waals surface area contributed by atoms with E-state index in [0.717, 1.165) is 4.90 Å². The topological polar surface area (TPSA) is 37.4 Å². The Balaban J connectivity index is 2.56. The minimum atomic E-state index is -0.268. The third-order valence-corrected chi connectivity index (χ3v) is 3.60. The number of anilines is 1. The number of carbonyl (C=O) groups is 2. The molecule has 1 heterocycles. The van der Waals surface area contributed by atoms with Gasteiger partial charge in [-0.25, -0.2) is 4.90 Å². The van der Waals surface area contributed by atoms with Crippen molar-refractivity contribution >= 4 is 40.9 Å². The average Bonchev–Trinajstić information content (AvgIpc) is 2.35. The molecule has 0 N–H and O–H groups in total. The van der Waals surface area contributed by atoms with Gasteiger partial charge in [-0.15, -0.1) is 11.8 Å². The van der Waals surface area contributed by atoms with Crippen LogP contribution in [-0.2, 0) is 9.59 Å². The summed E-state index contributed by atoms with van der Waals surface area (Å²) in [4.78, 5) is 25.4. The fourth-order valence-corrected chi connectivity index (χ4v) is 2.75. The molecule has 84 valence electrons.